The second-order valence-corrected chi connectivity index (χ2v) is 5.15. The van der Waals surface area contributed by atoms with Gasteiger partial charge in [0.25, 0.3) is 0 Å². The van der Waals surface area contributed by atoms with Crippen LogP contribution in [0.25, 0.3) is 10.1 Å². The van der Waals surface area contributed by atoms with E-state index in [4.69, 9.17) is 4.74 Å². The van der Waals surface area contributed by atoms with E-state index in [1.165, 1.54) is 10.1 Å². The Morgan fingerprint density at radius 3 is 2.94 bits per heavy atom. The van der Waals surface area contributed by atoms with Crippen molar-refractivity contribution in [1.82, 2.24) is 4.90 Å². The minimum atomic E-state index is -0.0483. The van der Waals surface area contributed by atoms with Crippen molar-refractivity contribution in [1.29, 1.82) is 0 Å². The van der Waals surface area contributed by atoms with Gasteiger partial charge < -0.3 is 15.0 Å². The molecule has 3 rings (SSSR count). The van der Waals surface area contributed by atoms with E-state index in [1.807, 2.05) is 18.2 Å². The van der Waals surface area contributed by atoms with E-state index in [1.54, 1.807) is 16.2 Å². The minimum absolute atomic E-state index is 0.0483. The van der Waals surface area contributed by atoms with E-state index < -0.39 is 0 Å². The van der Waals surface area contributed by atoms with Crippen molar-refractivity contribution in [3.63, 3.8) is 0 Å². The summed E-state index contributed by atoms with van der Waals surface area (Å²) in [5.74, 6) is 0. The molecule has 18 heavy (non-hydrogen) atoms. The van der Waals surface area contributed by atoms with Crippen LogP contribution in [0.2, 0.25) is 0 Å². The lowest BCUT2D eigenvalue weighted by molar-refractivity contribution is 0.0564. The Balaban J connectivity index is 1.72. The van der Waals surface area contributed by atoms with Gasteiger partial charge >= 0.3 is 6.03 Å². The van der Waals surface area contributed by atoms with Gasteiger partial charge in [0.05, 0.1) is 13.2 Å². The highest BCUT2D eigenvalue weighted by Crippen LogP contribution is 2.24. The molecular formula is C13H14N2O2S. The quantitative estimate of drug-likeness (QED) is 0.858. The zero-order chi connectivity index (χ0) is 12.4. The molecule has 2 heterocycles. The highest BCUT2D eigenvalue weighted by molar-refractivity contribution is 7.17. The monoisotopic (exact) mass is 262 g/mol. The molecule has 5 heteroatoms. The first-order valence-corrected chi connectivity index (χ1v) is 6.82. The number of morpholine rings is 1. The van der Waals surface area contributed by atoms with Gasteiger partial charge in [-0.3, -0.25) is 0 Å². The summed E-state index contributed by atoms with van der Waals surface area (Å²) in [6.07, 6.45) is 0. The molecule has 4 nitrogen and oxygen atoms in total. The number of rotatable bonds is 1. The Bertz CT molecular complexity index is 561. The smallest absolute Gasteiger partial charge is 0.321 e. The standard InChI is InChI=1S/C13H14N2O2S/c16-13(15-4-6-17-7-5-15)14-11-1-2-12-10(9-11)3-8-18-12/h1-3,8-9H,4-7H2,(H,14,16). The molecule has 0 radical (unpaired) electrons. The van der Waals surface area contributed by atoms with Crippen LogP contribution in [0.5, 0.6) is 0 Å². The third kappa shape index (κ3) is 2.32. The molecule has 1 N–H and O–H groups in total. The SMILES string of the molecule is O=C(Nc1ccc2sccc2c1)N1CCOCC1. The molecule has 1 fully saturated rings. The second kappa shape index (κ2) is 4.96. The van der Waals surface area contributed by atoms with E-state index >= 15 is 0 Å². The number of carbonyl (C=O) groups is 1. The molecule has 0 unspecified atom stereocenters. The summed E-state index contributed by atoms with van der Waals surface area (Å²) in [6.45, 7) is 2.56. The van der Waals surface area contributed by atoms with Gasteiger partial charge in [0.1, 0.15) is 0 Å². The number of urea groups is 1. The summed E-state index contributed by atoms with van der Waals surface area (Å²) in [5.41, 5.74) is 0.845. The van der Waals surface area contributed by atoms with Crippen molar-refractivity contribution in [3.8, 4) is 0 Å². The zero-order valence-electron chi connectivity index (χ0n) is 9.89. The maximum Gasteiger partial charge on any atom is 0.321 e. The Labute approximate surface area is 109 Å². The van der Waals surface area contributed by atoms with Gasteiger partial charge in [-0.2, -0.15) is 0 Å². The van der Waals surface area contributed by atoms with Crippen LogP contribution in [0, 0.1) is 0 Å². The molecule has 0 saturated carbocycles. The van der Waals surface area contributed by atoms with Crippen LogP contribution in [-0.4, -0.2) is 37.2 Å². The Morgan fingerprint density at radius 2 is 2.11 bits per heavy atom. The van der Waals surface area contributed by atoms with E-state index in [0.717, 1.165) is 5.69 Å². The highest BCUT2D eigenvalue weighted by atomic mass is 32.1. The van der Waals surface area contributed by atoms with Crippen LogP contribution < -0.4 is 5.32 Å². The number of carbonyl (C=O) groups excluding carboxylic acids is 1. The number of hydrogen-bond acceptors (Lipinski definition) is 3. The molecule has 1 aliphatic rings. The fraction of sp³-hybridized carbons (Fsp3) is 0.308. The summed E-state index contributed by atoms with van der Waals surface area (Å²) in [4.78, 5) is 13.8. The summed E-state index contributed by atoms with van der Waals surface area (Å²) < 4.78 is 6.46. The number of amides is 2. The maximum atomic E-state index is 12.0. The molecule has 2 aromatic rings. The van der Waals surface area contributed by atoms with Crippen molar-refractivity contribution in [2.24, 2.45) is 0 Å². The Morgan fingerprint density at radius 1 is 1.28 bits per heavy atom. The Kier molecular flexibility index (Phi) is 3.17. The van der Waals surface area contributed by atoms with Crippen LogP contribution in [-0.2, 0) is 4.74 Å². The molecule has 94 valence electrons. The van der Waals surface area contributed by atoms with Crippen LogP contribution in [0.3, 0.4) is 0 Å². The number of nitrogens with zero attached hydrogens (tertiary/aromatic N) is 1. The maximum absolute atomic E-state index is 12.0. The zero-order valence-corrected chi connectivity index (χ0v) is 10.7. The van der Waals surface area contributed by atoms with Crippen LogP contribution in [0.4, 0.5) is 10.5 Å². The molecule has 1 saturated heterocycles. The van der Waals surface area contributed by atoms with Gasteiger partial charge in [-0.1, -0.05) is 0 Å². The fourth-order valence-corrected chi connectivity index (χ4v) is 2.78. The van der Waals surface area contributed by atoms with Gasteiger partial charge in [-0.05, 0) is 35.0 Å². The number of nitrogens with one attached hydrogen (secondary N) is 1. The van der Waals surface area contributed by atoms with Crippen molar-refractivity contribution in [2.45, 2.75) is 0 Å². The number of thiophene rings is 1. The molecule has 0 bridgehead atoms. The van der Waals surface area contributed by atoms with Crippen LogP contribution in [0.1, 0.15) is 0 Å². The average Bonchev–Trinajstić information content (AvgIpc) is 2.87. The first-order chi connectivity index (χ1) is 8.83. The lowest BCUT2D eigenvalue weighted by Gasteiger charge is -2.26. The molecule has 0 aliphatic carbocycles. The first-order valence-electron chi connectivity index (χ1n) is 5.94. The third-order valence-corrected chi connectivity index (χ3v) is 3.90. The van der Waals surface area contributed by atoms with Gasteiger partial charge in [-0.15, -0.1) is 11.3 Å². The van der Waals surface area contributed by atoms with Crippen LogP contribution >= 0.6 is 11.3 Å². The summed E-state index contributed by atoms with van der Waals surface area (Å²) >= 11 is 1.70. The van der Waals surface area contributed by atoms with Gasteiger partial charge in [0.15, 0.2) is 0 Å². The number of anilines is 1. The first kappa shape index (κ1) is 11.5. The topological polar surface area (TPSA) is 41.6 Å². The van der Waals surface area contributed by atoms with E-state index in [9.17, 15) is 4.79 Å². The number of fused-ring (bicyclic) bond motifs is 1. The minimum Gasteiger partial charge on any atom is -0.378 e. The van der Waals surface area contributed by atoms with Gasteiger partial charge in [-0.25, -0.2) is 4.79 Å². The fourth-order valence-electron chi connectivity index (χ4n) is 2.01. The lowest BCUT2D eigenvalue weighted by Crippen LogP contribution is -2.43. The van der Waals surface area contributed by atoms with Crippen molar-refractivity contribution in [2.75, 3.05) is 31.6 Å². The molecule has 0 spiro atoms. The molecule has 1 aromatic carbocycles. The summed E-state index contributed by atoms with van der Waals surface area (Å²) in [5, 5.41) is 6.15. The van der Waals surface area contributed by atoms with Crippen molar-refractivity contribution in [3.05, 3.63) is 29.6 Å². The summed E-state index contributed by atoms with van der Waals surface area (Å²) in [6, 6.07) is 7.99. The molecule has 1 aromatic heterocycles. The summed E-state index contributed by atoms with van der Waals surface area (Å²) in [7, 11) is 0. The molecule has 0 atom stereocenters. The largest absolute Gasteiger partial charge is 0.378 e. The number of hydrogen-bond donors (Lipinski definition) is 1. The molecule has 1 aliphatic heterocycles. The van der Waals surface area contributed by atoms with E-state index in [0.29, 0.717) is 26.3 Å². The van der Waals surface area contributed by atoms with Gasteiger partial charge in [0.2, 0.25) is 0 Å². The average molecular weight is 262 g/mol. The third-order valence-electron chi connectivity index (χ3n) is 3.00. The predicted octanol–water partition coefficient (Wildman–Crippen LogP) is 2.77. The molecular weight excluding hydrogens is 248 g/mol. The van der Waals surface area contributed by atoms with E-state index in [2.05, 4.69) is 16.8 Å². The van der Waals surface area contributed by atoms with Crippen molar-refractivity contribution < 1.29 is 9.53 Å². The number of benzene rings is 1. The predicted molar refractivity (Wildman–Crippen MR) is 73.2 cm³/mol. The Hall–Kier alpha value is -1.59. The second-order valence-electron chi connectivity index (χ2n) is 4.20. The lowest BCUT2D eigenvalue weighted by atomic mass is 10.2. The van der Waals surface area contributed by atoms with Gasteiger partial charge in [0, 0.05) is 23.5 Å². The molecule has 2 amide bonds. The van der Waals surface area contributed by atoms with Crippen molar-refractivity contribution >= 4 is 33.1 Å². The number of ether oxygens (including phenoxy) is 1. The van der Waals surface area contributed by atoms with E-state index in [-0.39, 0.29) is 6.03 Å². The highest BCUT2D eigenvalue weighted by Gasteiger charge is 2.16. The normalized spacial score (nSPS) is 15.9. The van der Waals surface area contributed by atoms with Crippen LogP contribution in [0.15, 0.2) is 29.6 Å².